The highest BCUT2D eigenvalue weighted by atomic mass is 16.6. The topological polar surface area (TPSA) is 154 Å². The Hall–Kier alpha value is -4.41. The lowest BCUT2D eigenvalue weighted by atomic mass is 10.2. The lowest BCUT2D eigenvalue weighted by molar-refractivity contribution is -0.385. The number of aromatic nitrogens is 2. The van der Waals surface area contributed by atoms with Gasteiger partial charge in [-0.15, -0.1) is 5.10 Å². The molecule has 2 aromatic carbocycles. The van der Waals surface area contributed by atoms with Crippen LogP contribution in [0.5, 0.6) is 0 Å². The predicted molar refractivity (Wildman–Crippen MR) is 97.1 cm³/mol. The second-order valence-corrected chi connectivity index (χ2v) is 5.39. The van der Waals surface area contributed by atoms with Gasteiger partial charge < -0.3 is 4.42 Å². The van der Waals surface area contributed by atoms with E-state index in [0.717, 1.165) is 0 Å². The molecule has 0 aliphatic rings. The molecule has 3 rings (SSSR count). The van der Waals surface area contributed by atoms with E-state index in [-0.39, 0.29) is 23.3 Å². The fourth-order valence-electron chi connectivity index (χ4n) is 2.17. The fourth-order valence-corrected chi connectivity index (χ4v) is 2.17. The molecule has 0 aliphatic carbocycles. The predicted octanol–water partition coefficient (Wildman–Crippen LogP) is 3.20. The van der Waals surface area contributed by atoms with Crippen molar-refractivity contribution in [2.24, 2.45) is 0 Å². The Balaban J connectivity index is 1.66. The lowest BCUT2D eigenvalue weighted by Crippen LogP contribution is -2.07. The molecular formula is C17H11N5O6. The summed E-state index contributed by atoms with van der Waals surface area (Å²) in [5.41, 5.74) is 0.737. The van der Waals surface area contributed by atoms with Gasteiger partial charge in [-0.1, -0.05) is 11.2 Å². The van der Waals surface area contributed by atoms with Crippen molar-refractivity contribution < 1.29 is 19.1 Å². The van der Waals surface area contributed by atoms with Gasteiger partial charge in [0.1, 0.15) is 0 Å². The first-order valence-electron chi connectivity index (χ1n) is 7.74. The summed E-state index contributed by atoms with van der Waals surface area (Å²) in [6, 6.07) is 11.1. The van der Waals surface area contributed by atoms with E-state index >= 15 is 0 Å². The van der Waals surface area contributed by atoms with E-state index in [1.165, 1.54) is 54.6 Å². The quantitative estimate of drug-likeness (QED) is 0.388. The van der Waals surface area contributed by atoms with Crippen LogP contribution in [0.15, 0.2) is 59.0 Å². The van der Waals surface area contributed by atoms with E-state index in [2.05, 4.69) is 15.5 Å². The number of anilines is 1. The zero-order chi connectivity index (χ0) is 20.1. The molecule has 1 heterocycles. The zero-order valence-corrected chi connectivity index (χ0v) is 14.0. The molecule has 1 N–H and O–H groups in total. The Labute approximate surface area is 156 Å². The van der Waals surface area contributed by atoms with Crippen LogP contribution in [0.3, 0.4) is 0 Å². The first-order valence-corrected chi connectivity index (χ1v) is 7.74. The Morgan fingerprint density at radius 3 is 2.39 bits per heavy atom. The molecule has 0 aliphatic heterocycles. The number of nitrogens with one attached hydrogen (secondary N) is 1. The number of amides is 1. The number of nitrogens with zero attached hydrogens (tertiary/aromatic N) is 4. The number of nitro benzene ring substituents is 2. The summed E-state index contributed by atoms with van der Waals surface area (Å²) in [7, 11) is 0. The first kappa shape index (κ1) is 18.4. The summed E-state index contributed by atoms with van der Waals surface area (Å²) >= 11 is 0. The molecule has 1 amide bonds. The van der Waals surface area contributed by atoms with Gasteiger partial charge in [-0.25, -0.2) is 0 Å². The Kier molecular flexibility index (Phi) is 5.16. The maximum atomic E-state index is 11.9. The third kappa shape index (κ3) is 4.40. The third-order valence-electron chi connectivity index (χ3n) is 3.49. The molecule has 11 heteroatoms. The van der Waals surface area contributed by atoms with Crippen LogP contribution in [0.4, 0.5) is 17.4 Å². The number of hydrogen-bond donors (Lipinski definition) is 1. The minimum atomic E-state index is -0.562. The molecule has 0 unspecified atom stereocenters. The molecule has 0 radical (unpaired) electrons. The number of nitro groups is 2. The number of carbonyl (C=O) groups excluding carboxylic acids is 1. The minimum Gasteiger partial charge on any atom is -0.403 e. The van der Waals surface area contributed by atoms with Crippen LogP contribution in [0, 0.1) is 20.2 Å². The molecule has 0 bridgehead atoms. The molecule has 0 saturated carbocycles. The van der Waals surface area contributed by atoms with Crippen LogP contribution >= 0.6 is 0 Å². The van der Waals surface area contributed by atoms with Gasteiger partial charge in [-0.2, -0.15) is 0 Å². The van der Waals surface area contributed by atoms with Gasteiger partial charge in [0.25, 0.3) is 17.3 Å². The summed E-state index contributed by atoms with van der Waals surface area (Å²) in [6.45, 7) is 0. The van der Waals surface area contributed by atoms with Crippen molar-refractivity contribution in [2.75, 3.05) is 5.32 Å². The second-order valence-electron chi connectivity index (χ2n) is 5.39. The van der Waals surface area contributed by atoms with Crippen LogP contribution in [0.2, 0.25) is 0 Å². The Morgan fingerprint density at radius 1 is 1.00 bits per heavy atom. The second kappa shape index (κ2) is 7.86. The molecule has 0 fully saturated rings. The van der Waals surface area contributed by atoms with Gasteiger partial charge in [0.2, 0.25) is 5.89 Å². The summed E-state index contributed by atoms with van der Waals surface area (Å²) in [5, 5.41) is 31.2. The molecule has 0 spiro atoms. The summed E-state index contributed by atoms with van der Waals surface area (Å²) in [6.07, 6.45) is 2.65. The van der Waals surface area contributed by atoms with Crippen molar-refractivity contribution in [2.45, 2.75) is 0 Å². The molecule has 1 aromatic heterocycles. The number of non-ortho nitro benzene ring substituents is 2. The third-order valence-corrected chi connectivity index (χ3v) is 3.49. The van der Waals surface area contributed by atoms with E-state index in [9.17, 15) is 25.0 Å². The highest BCUT2D eigenvalue weighted by Gasteiger charge is 2.13. The van der Waals surface area contributed by atoms with Crippen molar-refractivity contribution in [3.63, 3.8) is 0 Å². The average molecular weight is 381 g/mol. The molecule has 0 saturated heterocycles. The van der Waals surface area contributed by atoms with Crippen LogP contribution < -0.4 is 5.32 Å². The van der Waals surface area contributed by atoms with Crippen molar-refractivity contribution in [3.8, 4) is 11.5 Å². The van der Waals surface area contributed by atoms with Crippen molar-refractivity contribution in [3.05, 3.63) is 80.4 Å². The SMILES string of the molecule is O=C(/C=C/c1ccc([N+](=O)[O-])cc1)Nc1nnc(-c2cccc([N+](=O)[O-])c2)o1. The average Bonchev–Trinajstić information content (AvgIpc) is 3.15. The normalized spacial score (nSPS) is 10.7. The van der Waals surface area contributed by atoms with Crippen molar-refractivity contribution in [1.29, 1.82) is 0 Å². The molecule has 3 aromatic rings. The van der Waals surface area contributed by atoms with Gasteiger partial charge in [-0.05, 0) is 29.8 Å². The standard InChI is InChI=1S/C17H11N5O6/c23-15(9-6-11-4-7-13(8-5-11)21(24)25)18-17-20-19-16(28-17)12-2-1-3-14(10-12)22(26)27/h1-10H,(H,18,20,23)/b9-6+. The first-order chi connectivity index (χ1) is 13.4. The van der Waals surface area contributed by atoms with E-state index in [1.54, 1.807) is 6.07 Å². The maximum absolute atomic E-state index is 11.9. The molecule has 140 valence electrons. The lowest BCUT2D eigenvalue weighted by Gasteiger charge is -1.96. The summed E-state index contributed by atoms with van der Waals surface area (Å²) < 4.78 is 5.28. The van der Waals surface area contributed by atoms with E-state index < -0.39 is 15.8 Å². The highest BCUT2D eigenvalue weighted by molar-refractivity contribution is 6.00. The Bertz CT molecular complexity index is 1070. The number of rotatable bonds is 6. The smallest absolute Gasteiger partial charge is 0.322 e. The number of hydrogen-bond acceptors (Lipinski definition) is 8. The summed E-state index contributed by atoms with van der Waals surface area (Å²) in [4.78, 5) is 32.3. The molecule has 28 heavy (non-hydrogen) atoms. The molecular weight excluding hydrogens is 370 g/mol. The zero-order valence-electron chi connectivity index (χ0n) is 14.0. The number of benzene rings is 2. The van der Waals surface area contributed by atoms with E-state index in [0.29, 0.717) is 11.1 Å². The van der Waals surface area contributed by atoms with E-state index in [4.69, 9.17) is 4.42 Å². The van der Waals surface area contributed by atoms with Gasteiger partial charge in [-0.3, -0.25) is 30.3 Å². The van der Waals surface area contributed by atoms with Crippen molar-refractivity contribution in [1.82, 2.24) is 10.2 Å². The number of carbonyl (C=O) groups is 1. The highest BCUT2D eigenvalue weighted by Crippen LogP contribution is 2.23. The van der Waals surface area contributed by atoms with Crippen LogP contribution in [0.1, 0.15) is 5.56 Å². The molecule has 0 atom stereocenters. The van der Waals surface area contributed by atoms with Crippen LogP contribution in [-0.4, -0.2) is 26.0 Å². The minimum absolute atomic E-state index is 0.0124. The van der Waals surface area contributed by atoms with Crippen molar-refractivity contribution >= 4 is 29.4 Å². The fraction of sp³-hybridized carbons (Fsp3) is 0. The maximum Gasteiger partial charge on any atom is 0.322 e. The Morgan fingerprint density at radius 2 is 1.71 bits per heavy atom. The monoisotopic (exact) mass is 381 g/mol. The summed E-state index contributed by atoms with van der Waals surface area (Å²) in [5.74, 6) is -0.550. The largest absolute Gasteiger partial charge is 0.403 e. The van der Waals surface area contributed by atoms with Crippen LogP contribution in [0.25, 0.3) is 17.5 Å². The van der Waals surface area contributed by atoms with E-state index in [1.807, 2.05) is 0 Å². The molecule has 11 nitrogen and oxygen atoms in total. The van der Waals surface area contributed by atoms with Crippen LogP contribution in [-0.2, 0) is 4.79 Å². The van der Waals surface area contributed by atoms with Gasteiger partial charge >= 0.3 is 6.01 Å². The van der Waals surface area contributed by atoms with Gasteiger partial charge in [0.05, 0.1) is 9.85 Å². The van der Waals surface area contributed by atoms with Gasteiger partial charge in [0.15, 0.2) is 0 Å². The van der Waals surface area contributed by atoms with Gasteiger partial charge in [0, 0.05) is 35.9 Å².